The first kappa shape index (κ1) is 14.4. The first-order chi connectivity index (χ1) is 8.27. The fourth-order valence-corrected chi connectivity index (χ4v) is 2.55. The van der Waals surface area contributed by atoms with Crippen LogP contribution in [0.15, 0.2) is 30.3 Å². The first-order valence-corrected chi connectivity index (χ1v) is 6.84. The number of hydrogen-bond donors (Lipinski definition) is 2. The Hall–Kier alpha value is -0.620. The quantitative estimate of drug-likeness (QED) is 0.768. The van der Waals surface area contributed by atoms with Gasteiger partial charge in [-0.1, -0.05) is 54.3 Å². The van der Waals surface area contributed by atoms with Crippen molar-refractivity contribution in [3.8, 4) is 0 Å². The summed E-state index contributed by atoms with van der Waals surface area (Å²) in [6.07, 6.45) is 0. The monoisotopic (exact) mass is 271 g/mol. The lowest BCUT2D eigenvalue weighted by atomic mass is 10.2. The zero-order chi connectivity index (χ0) is 12.5. The minimum absolute atomic E-state index is 0.0477. The van der Waals surface area contributed by atoms with E-state index in [-0.39, 0.29) is 13.2 Å². The van der Waals surface area contributed by atoms with Gasteiger partial charge in [-0.05, 0) is 5.56 Å². The van der Waals surface area contributed by atoms with Gasteiger partial charge in [-0.2, -0.15) is 0 Å². The van der Waals surface area contributed by atoms with E-state index in [4.69, 9.17) is 22.4 Å². The number of thiocarbonyl (C=S) groups is 1. The highest BCUT2D eigenvalue weighted by molar-refractivity contribution is 8.22. The minimum Gasteiger partial charge on any atom is -0.395 e. The first-order valence-electron chi connectivity index (χ1n) is 5.45. The lowest BCUT2D eigenvalue weighted by molar-refractivity contribution is 0.216. The van der Waals surface area contributed by atoms with Crippen molar-refractivity contribution >= 4 is 28.3 Å². The summed E-state index contributed by atoms with van der Waals surface area (Å²) in [5.41, 5.74) is 1.22. The molecule has 0 atom stereocenters. The topological polar surface area (TPSA) is 43.7 Å². The summed E-state index contributed by atoms with van der Waals surface area (Å²) in [7, 11) is 0. The molecule has 2 N–H and O–H groups in total. The third kappa shape index (κ3) is 5.50. The molecule has 0 saturated heterocycles. The second-order valence-corrected chi connectivity index (χ2v) is 5.08. The summed E-state index contributed by atoms with van der Waals surface area (Å²) in [6, 6.07) is 10.1. The molecule has 0 aliphatic rings. The van der Waals surface area contributed by atoms with E-state index in [1.54, 1.807) is 11.8 Å². The minimum atomic E-state index is 0.0477. The van der Waals surface area contributed by atoms with Gasteiger partial charge in [0.1, 0.15) is 4.32 Å². The van der Waals surface area contributed by atoms with Gasteiger partial charge < -0.3 is 15.1 Å². The Labute approximate surface area is 111 Å². The van der Waals surface area contributed by atoms with Crippen LogP contribution in [0.4, 0.5) is 0 Å². The molecule has 0 heterocycles. The molecule has 94 valence electrons. The Balaban J connectivity index is 2.41. The maximum atomic E-state index is 8.91. The molecule has 3 nitrogen and oxygen atoms in total. The summed E-state index contributed by atoms with van der Waals surface area (Å²) in [5.74, 6) is 0.813. The van der Waals surface area contributed by atoms with Crippen molar-refractivity contribution in [1.29, 1.82) is 0 Å². The van der Waals surface area contributed by atoms with Gasteiger partial charge in [0.2, 0.25) is 0 Å². The lowest BCUT2D eigenvalue weighted by Crippen LogP contribution is -2.33. The fourth-order valence-electron chi connectivity index (χ4n) is 1.35. The number of thioether (sulfide) groups is 1. The maximum Gasteiger partial charge on any atom is 0.136 e. The summed E-state index contributed by atoms with van der Waals surface area (Å²) >= 11 is 6.82. The van der Waals surface area contributed by atoms with Crippen LogP contribution in [0.1, 0.15) is 5.56 Å². The van der Waals surface area contributed by atoms with E-state index in [9.17, 15) is 0 Å². The molecule has 0 aliphatic carbocycles. The highest BCUT2D eigenvalue weighted by Crippen LogP contribution is 2.16. The van der Waals surface area contributed by atoms with Crippen molar-refractivity contribution in [1.82, 2.24) is 4.90 Å². The highest BCUT2D eigenvalue weighted by atomic mass is 32.2. The molecule has 0 aromatic heterocycles. The largest absolute Gasteiger partial charge is 0.395 e. The van der Waals surface area contributed by atoms with Gasteiger partial charge in [0.15, 0.2) is 0 Å². The average Bonchev–Trinajstić information content (AvgIpc) is 2.37. The number of benzene rings is 1. The Kier molecular flexibility index (Phi) is 7.19. The van der Waals surface area contributed by atoms with E-state index in [0.29, 0.717) is 13.1 Å². The molecule has 1 aromatic carbocycles. The lowest BCUT2D eigenvalue weighted by Gasteiger charge is -2.22. The predicted molar refractivity (Wildman–Crippen MR) is 76.1 cm³/mol. The number of hydrogen-bond acceptors (Lipinski definition) is 4. The molecule has 0 unspecified atom stereocenters. The number of rotatable bonds is 6. The average molecular weight is 271 g/mol. The van der Waals surface area contributed by atoms with Crippen LogP contribution in [0.2, 0.25) is 0 Å². The molecule has 0 aliphatic heterocycles. The molecular weight excluding hydrogens is 254 g/mol. The summed E-state index contributed by atoms with van der Waals surface area (Å²) < 4.78 is 0.719. The second-order valence-electron chi connectivity index (χ2n) is 3.47. The molecular formula is C12H17NO2S2. The van der Waals surface area contributed by atoms with Crippen LogP contribution >= 0.6 is 24.0 Å². The van der Waals surface area contributed by atoms with Crippen LogP contribution in [0.25, 0.3) is 0 Å². The Morgan fingerprint density at radius 3 is 2.24 bits per heavy atom. The fraction of sp³-hybridized carbons (Fsp3) is 0.417. The van der Waals surface area contributed by atoms with Crippen molar-refractivity contribution in [2.45, 2.75) is 5.75 Å². The molecule has 17 heavy (non-hydrogen) atoms. The van der Waals surface area contributed by atoms with Crippen LogP contribution in [-0.4, -0.2) is 45.7 Å². The zero-order valence-corrected chi connectivity index (χ0v) is 11.2. The SMILES string of the molecule is OCCN(CCO)C(=S)SCc1ccccc1. The molecule has 5 heteroatoms. The molecule has 0 amide bonds. The van der Waals surface area contributed by atoms with Crippen molar-refractivity contribution in [2.24, 2.45) is 0 Å². The van der Waals surface area contributed by atoms with Gasteiger partial charge in [0.25, 0.3) is 0 Å². The van der Waals surface area contributed by atoms with Gasteiger partial charge in [0.05, 0.1) is 13.2 Å². The summed E-state index contributed by atoms with van der Waals surface area (Å²) in [4.78, 5) is 1.82. The second kappa shape index (κ2) is 8.47. The van der Waals surface area contributed by atoms with Crippen molar-refractivity contribution in [3.63, 3.8) is 0 Å². The van der Waals surface area contributed by atoms with Crippen molar-refractivity contribution in [2.75, 3.05) is 26.3 Å². The Morgan fingerprint density at radius 1 is 1.12 bits per heavy atom. The van der Waals surface area contributed by atoms with E-state index in [1.165, 1.54) is 5.56 Å². The van der Waals surface area contributed by atoms with Gasteiger partial charge in [-0.15, -0.1) is 0 Å². The molecule has 0 fully saturated rings. The number of aliphatic hydroxyl groups excluding tert-OH is 2. The van der Waals surface area contributed by atoms with Gasteiger partial charge >= 0.3 is 0 Å². The van der Waals surface area contributed by atoms with E-state index in [1.807, 2.05) is 23.1 Å². The van der Waals surface area contributed by atoms with Gasteiger partial charge in [-0.3, -0.25) is 0 Å². The van der Waals surface area contributed by atoms with E-state index >= 15 is 0 Å². The van der Waals surface area contributed by atoms with Crippen LogP contribution in [0, 0.1) is 0 Å². The number of aliphatic hydroxyl groups is 2. The van der Waals surface area contributed by atoms with E-state index in [2.05, 4.69) is 12.1 Å². The Bertz CT molecular complexity index is 327. The predicted octanol–water partition coefficient (Wildman–Crippen LogP) is 1.49. The summed E-state index contributed by atoms with van der Waals surface area (Å²) in [5, 5.41) is 17.8. The third-order valence-electron chi connectivity index (χ3n) is 2.20. The Morgan fingerprint density at radius 2 is 1.71 bits per heavy atom. The third-order valence-corrected chi connectivity index (χ3v) is 3.80. The molecule has 0 radical (unpaired) electrons. The van der Waals surface area contributed by atoms with Crippen LogP contribution in [-0.2, 0) is 5.75 Å². The van der Waals surface area contributed by atoms with E-state index < -0.39 is 0 Å². The number of nitrogens with zero attached hydrogens (tertiary/aromatic N) is 1. The normalized spacial score (nSPS) is 10.2. The van der Waals surface area contributed by atoms with Gasteiger partial charge in [-0.25, -0.2) is 0 Å². The summed E-state index contributed by atoms with van der Waals surface area (Å²) in [6.45, 7) is 1.04. The molecule has 0 saturated carbocycles. The molecule has 0 spiro atoms. The standard InChI is InChI=1S/C12H17NO2S2/c14-8-6-13(7-9-15)12(16)17-10-11-4-2-1-3-5-11/h1-5,14-15H,6-10H2. The smallest absolute Gasteiger partial charge is 0.136 e. The van der Waals surface area contributed by atoms with Crippen LogP contribution in [0.5, 0.6) is 0 Å². The van der Waals surface area contributed by atoms with Gasteiger partial charge in [0, 0.05) is 18.8 Å². The zero-order valence-electron chi connectivity index (χ0n) is 9.58. The highest BCUT2D eigenvalue weighted by Gasteiger charge is 2.08. The van der Waals surface area contributed by atoms with Crippen molar-refractivity contribution in [3.05, 3.63) is 35.9 Å². The van der Waals surface area contributed by atoms with Crippen LogP contribution < -0.4 is 0 Å². The molecule has 1 aromatic rings. The van der Waals surface area contributed by atoms with E-state index in [0.717, 1.165) is 10.1 Å². The molecule has 0 bridgehead atoms. The van der Waals surface area contributed by atoms with Crippen molar-refractivity contribution < 1.29 is 10.2 Å². The van der Waals surface area contributed by atoms with Crippen LogP contribution in [0.3, 0.4) is 0 Å². The maximum absolute atomic E-state index is 8.91. The molecule has 1 rings (SSSR count).